The van der Waals surface area contributed by atoms with Crippen molar-refractivity contribution in [3.05, 3.63) is 12.1 Å². The molecule has 1 aliphatic carbocycles. The average Bonchev–Trinajstić information content (AvgIpc) is 2.48. The molecule has 0 radical (unpaired) electrons. The van der Waals surface area contributed by atoms with E-state index in [0.29, 0.717) is 30.6 Å². The number of rotatable bonds is 3. The molecule has 0 aromatic heterocycles. The highest BCUT2D eigenvalue weighted by Gasteiger charge is 2.25. The molecule has 0 bridgehead atoms. The average molecular weight is 278 g/mol. The van der Waals surface area contributed by atoms with Gasteiger partial charge in [-0.2, -0.15) is 0 Å². The Labute approximate surface area is 119 Å². The smallest absolute Gasteiger partial charge is 0.163 e. The van der Waals surface area contributed by atoms with Gasteiger partial charge in [0.2, 0.25) is 0 Å². The number of nitrogen functional groups attached to an aromatic ring is 1. The van der Waals surface area contributed by atoms with Crippen LogP contribution in [-0.4, -0.2) is 31.0 Å². The first-order valence-corrected chi connectivity index (χ1v) is 7.34. The molecule has 2 atom stereocenters. The minimum absolute atomic E-state index is 0.224. The third-order valence-corrected chi connectivity index (χ3v) is 4.20. The molecule has 1 heterocycles. The third kappa shape index (κ3) is 2.63. The van der Waals surface area contributed by atoms with Crippen molar-refractivity contribution >= 4 is 11.4 Å². The van der Waals surface area contributed by atoms with Gasteiger partial charge in [-0.3, -0.25) is 0 Å². The standard InChI is InChI=1S/C15H22N2O3/c16-11-7-14-15(20-6-5-19-14)8-13(11)17-12-4-2-1-3-10(12)9-18/h7-8,10,12,17-18H,1-6,9,16H2. The van der Waals surface area contributed by atoms with Crippen LogP contribution in [0.5, 0.6) is 11.5 Å². The van der Waals surface area contributed by atoms with E-state index in [2.05, 4.69) is 5.32 Å². The fraction of sp³-hybridized carbons (Fsp3) is 0.600. The Balaban J connectivity index is 1.79. The second kappa shape index (κ2) is 5.79. The summed E-state index contributed by atoms with van der Waals surface area (Å²) in [6.07, 6.45) is 4.52. The predicted molar refractivity (Wildman–Crippen MR) is 78.3 cm³/mol. The number of benzene rings is 1. The van der Waals surface area contributed by atoms with Crippen LogP contribution in [0.15, 0.2) is 12.1 Å². The number of hydrogen-bond acceptors (Lipinski definition) is 5. The molecular weight excluding hydrogens is 256 g/mol. The maximum atomic E-state index is 9.48. The molecule has 0 amide bonds. The molecule has 3 rings (SSSR count). The molecule has 1 aliphatic heterocycles. The van der Waals surface area contributed by atoms with Crippen LogP contribution in [-0.2, 0) is 0 Å². The number of anilines is 2. The molecule has 4 N–H and O–H groups in total. The van der Waals surface area contributed by atoms with E-state index in [1.54, 1.807) is 0 Å². The van der Waals surface area contributed by atoms with Crippen LogP contribution in [0.2, 0.25) is 0 Å². The second-order valence-electron chi connectivity index (χ2n) is 5.56. The minimum Gasteiger partial charge on any atom is -0.486 e. The highest BCUT2D eigenvalue weighted by molar-refractivity contribution is 5.72. The summed E-state index contributed by atoms with van der Waals surface area (Å²) in [5, 5.41) is 13.0. The topological polar surface area (TPSA) is 76.7 Å². The first-order valence-electron chi connectivity index (χ1n) is 7.34. The van der Waals surface area contributed by atoms with Crippen LogP contribution in [0.25, 0.3) is 0 Å². The van der Waals surface area contributed by atoms with Crippen LogP contribution in [0, 0.1) is 5.92 Å². The zero-order valence-corrected chi connectivity index (χ0v) is 11.6. The van der Waals surface area contributed by atoms with Gasteiger partial charge in [0.15, 0.2) is 11.5 Å². The Bertz CT molecular complexity index is 478. The Morgan fingerprint density at radius 2 is 1.85 bits per heavy atom. The number of aliphatic hydroxyl groups excluding tert-OH is 1. The van der Waals surface area contributed by atoms with Gasteiger partial charge in [-0.1, -0.05) is 12.8 Å². The van der Waals surface area contributed by atoms with Gasteiger partial charge < -0.3 is 25.6 Å². The van der Waals surface area contributed by atoms with Crippen LogP contribution in [0.3, 0.4) is 0 Å². The maximum absolute atomic E-state index is 9.48. The highest BCUT2D eigenvalue weighted by atomic mass is 16.6. The van der Waals surface area contributed by atoms with Crippen LogP contribution < -0.4 is 20.5 Å². The summed E-state index contributed by atoms with van der Waals surface area (Å²) in [7, 11) is 0. The van der Waals surface area contributed by atoms with E-state index in [1.165, 1.54) is 12.8 Å². The number of aliphatic hydroxyl groups is 1. The lowest BCUT2D eigenvalue weighted by atomic mass is 9.85. The number of fused-ring (bicyclic) bond motifs is 1. The zero-order chi connectivity index (χ0) is 13.9. The summed E-state index contributed by atoms with van der Waals surface area (Å²) in [4.78, 5) is 0. The monoisotopic (exact) mass is 278 g/mol. The van der Waals surface area contributed by atoms with Crippen molar-refractivity contribution in [1.82, 2.24) is 0 Å². The Morgan fingerprint density at radius 3 is 2.60 bits per heavy atom. The van der Waals surface area contributed by atoms with Crippen molar-refractivity contribution in [2.24, 2.45) is 5.92 Å². The Morgan fingerprint density at radius 1 is 1.15 bits per heavy atom. The molecule has 1 fully saturated rings. The number of hydrogen-bond donors (Lipinski definition) is 3. The molecule has 0 saturated heterocycles. The SMILES string of the molecule is Nc1cc2c(cc1NC1CCCCC1CO)OCCO2. The predicted octanol–water partition coefficient (Wildman–Crippen LogP) is 2.00. The van der Waals surface area contributed by atoms with Crippen LogP contribution in [0.4, 0.5) is 11.4 Å². The highest BCUT2D eigenvalue weighted by Crippen LogP contribution is 2.38. The van der Waals surface area contributed by atoms with Crippen LogP contribution in [0.1, 0.15) is 25.7 Å². The van der Waals surface area contributed by atoms with Crippen molar-refractivity contribution in [2.45, 2.75) is 31.7 Å². The molecule has 1 aromatic carbocycles. The van der Waals surface area contributed by atoms with E-state index in [4.69, 9.17) is 15.2 Å². The van der Waals surface area contributed by atoms with E-state index < -0.39 is 0 Å². The lowest BCUT2D eigenvalue weighted by Crippen LogP contribution is -2.34. The first kappa shape index (κ1) is 13.4. The summed E-state index contributed by atoms with van der Waals surface area (Å²) in [5.74, 6) is 1.75. The summed E-state index contributed by atoms with van der Waals surface area (Å²) in [5.41, 5.74) is 7.63. The van der Waals surface area contributed by atoms with Crippen LogP contribution >= 0.6 is 0 Å². The molecule has 5 heteroatoms. The maximum Gasteiger partial charge on any atom is 0.163 e. The van der Waals surface area contributed by atoms with Gasteiger partial charge >= 0.3 is 0 Å². The minimum atomic E-state index is 0.224. The first-order chi connectivity index (χ1) is 9.78. The van der Waals surface area contributed by atoms with E-state index in [1.807, 2.05) is 12.1 Å². The normalized spacial score (nSPS) is 25.2. The van der Waals surface area contributed by atoms with Gasteiger partial charge in [0.1, 0.15) is 13.2 Å². The Kier molecular flexibility index (Phi) is 3.87. The fourth-order valence-electron chi connectivity index (χ4n) is 3.05. The quantitative estimate of drug-likeness (QED) is 0.737. The summed E-state index contributed by atoms with van der Waals surface area (Å²) < 4.78 is 11.1. The van der Waals surface area contributed by atoms with Gasteiger partial charge in [-0.05, 0) is 12.8 Å². The molecule has 0 spiro atoms. The van der Waals surface area contributed by atoms with Gasteiger partial charge in [-0.15, -0.1) is 0 Å². The van der Waals surface area contributed by atoms with E-state index in [9.17, 15) is 5.11 Å². The number of nitrogens with two attached hydrogens (primary N) is 1. The van der Waals surface area contributed by atoms with E-state index in [0.717, 1.165) is 24.3 Å². The fourth-order valence-corrected chi connectivity index (χ4v) is 3.05. The van der Waals surface area contributed by atoms with Crippen molar-refractivity contribution < 1.29 is 14.6 Å². The van der Waals surface area contributed by atoms with Crippen molar-refractivity contribution in [3.8, 4) is 11.5 Å². The van der Waals surface area contributed by atoms with Gasteiger partial charge in [-0.25, -0.2) is 0 Å². The Hall–Kier alpha value is -1.62. The molecule has 20 heavy (non-hydrogen) atoms. The molecule has 2 unspecified atom stereocenters. The molecule has 1 saturated carbocycles. The molecular formula is C15H22N2O3. The number of nitrogens with one attached hydrogen (secondary N) is 1. The summed E-state index contributed by atoms with van der Waals surface area (Å²) in [6, 6.07) is 4.00. The van der Waals surface area contributed by atoms with Crippen molar-refractivity contribution in [2.75, 3.05) is 30.9 Å². The van der Waals surface area contributed by atoms with Crippen molar-refractivity contribution in [3.63, 3.8) is 0 Å². The molecule has 5 nitrogen and oxygen atoms in total. The molecule has 1 aromatic rings. The zero-order valence-electron chi connectivity index (χ0n) is 11.6. The van der Waals surface area contributed by atoms with Gasteiger partial charge in [0.25, 0.3) is 0 Å². The van der Waals surface area contributed by atoms with Gasteiger partial charge in [0.05, 0.1) is 11.4 Å². The lowest BCUT2D eigenvalue weighted by molar-refractivity contribution is 0.171. The lowest BCUT2D eigenvalue weighted by Gasteiger charge is -2.32. The number of ether oxygens (including phenoxy) is 2. The van der Waals surface area contributed by atoms with E-state index >= 15 is 0 Å². The third-order valence-electron chi connectivity index (χ3n) is 4.20. The largest absolute Gasteiger partial charge is 0.486 e. The second-order valence-corrected chi connectivity index (χ2v) is 5.56. The molecule has 2 aliphatic rings. The van der Waals surface area contributed by atoms with Gasteiger partial charge in [0, 0.05) is 30.7 Å². The molecule has 110 valence electrons. The summed E-state index contributed by atoms with van der Waals surface area (Å²) >= 11 is 0. The van der Waals surface area contributed by atoms with E-state index in [-0.39, 0.29) is 12.6 Å². The summed E-state index contributed by atoms with van der Waals surface area (Å²) in [6.45, 7) is 1.36. The van der Waals surface area contributed by atoms with Crippen molar-refractivity contribution in [1.29, 1.82) is 0 Å².